The zero-order valence-corrected chi connectivity index (χ0v) is 25.6. The summed E-state index contributed by atoms with van der Waals surface area (Å²) < 4.78 is 18.0. The number of aryl methyl sites for hydroxylation is 4. The maximum Gasteiger partial charge on any atom is 0.251 e. The van der Waals surface area contributed by atoms with Gasteiger partial charge in [0.15, 0.2) is 22.5 Å². The Kier molecular flexibility index (Phi) is 9.74. The molecule has 0 fully saturated rings. The zero-order chi connectivity index (χ0) is 30.4. The van der Waals surface area contributed by atoms with Crippen LogP contribution in [0.4, 0.5) is 5.69 Å². The molecule has 2 N–H and O–H groups in total. The number of benzene rings is 3. The van der Waals surface area contributed by atoms with Gasteiger partial charge in [-0.15, -0.1) is 10.2 Å². The van der Waals surface area contributed by atoms with Crippen molar-refractivity contribution < 1.29 is 23.8 Å². The van der Waals surface area contributed by atoms with Gasteiger partial charge in [-0.25, -0.2) is 0 Å². The van der Waals surface area contributed by atoms with E-state index in [0.29, 0.717) is 33.8 Å². The number of rotatable bonds is 11. The van der Waals surface area contributed by atoms with Crippen LogP contribution >= 0.6 is 11.8 Å². The Balaban J connectivity index is 1.58. The second-order valence-corrected chi connectivity index (χ2v) is 10.7. The number of hydrogen-bond donors (Lipinski definition) is 2. The van der Waals surface area contributed by atoms with Crippen LogP contribution in [0.15, 0.2) is 53.7 Å². The number of nitrogens with one attached hydrogen (secondary N) is 2. The summed E-state index contributed by atoms with van der Waals surface area (Å²) in [5.74, 6) is 1.29. The number of thioether (sulfide) groups is 1. The number of aromatic nitrogens is 3. The number of amides is 2. The minimum absolute atomic E-state index is 0.0884. The lowest BCUT2D eigenvalue weighted by atomic mass is 10.1. The fraction of sp³-hybridized carbons (Fsp3) is 0.290. The molecule has 1 heterocycles. The summed E-state index contributed by atoms with van der Waals surface area (Å²) in [6.07, 6.45) is 0. The number of carbonyl (C=O) groups is 2. The van der Waals surface area contributed by atoms with Gasteiger partial charge in [-0.2, -0.15) is 0 Å². The molecule has 42 heavy (non-hydrogen) atoms. The van der Waals surface area contributed by atoms with Crippen molar-refractivity contribution in [1.82, 2.24) is 20.1 Å². The largest absolute Gasteiger partial charge is 0.493 e. The fourth-order valence-corrected chi connectivity index (χ4v) is 5.13. The van der Waals surface area contributed by atoms with E-state index in [1.165, 1.54) is 33.1 Å². The van der Waals surface area contributed by atoms with E-state index in [-0.39, 0.29) is 24.1 Å². The van der Waals surface area contributed by atoms with Crippen LogP contribution in [0.3, 0.4) is 0 Å². The molecule has 0 saturated heterocycles. The van der Waals surface area contributed by atoms with Gasteiger partial charge in [-0.1, -0.05) is 36.0 Å². The van der Waals surface area contributed by atoms with Gasteiger partial charge in [0.2, 0.25) is 11.7 Å². The fourth-order valence-electron chi connectivity index (χ4n) is 4.37. The van der Waals surface area contributed by atoms with Crippen molar-refractivity contribution in [2.24, 2.45) is 0 Å². The molecule has 0 radical (unpaired) electrons. The summed E-state index contributed by atoms with van der Waals surface area (Å²) in [7, 11) is 4.49. The van der Waals surface area contributed by atoms with Crippen LogP contribution in [0, 0.1) is 27.7 Å². The molecule has 0 saturated carbocycles. The van der Waals surface area contributed by atoms with Gasteiger partial charge in [-0.3, -0.25) is 14.2 Å². The van der Waals surface area contributed by atoms with Crippen LogP contribution in [-0.4, -0.2) is 53.7 Å². The summed E-state index contributed by atoms with van der Waals surface area (Å²) >= 11 is 1.28. The van der Waals surface area contributed by atoms with E-state index in [1.807, 2.05) is 68.7 Å². The maximum atomic E-state index is 13.2. The number of methoxy groups -OCH3 is 3. The SMILES string of the molecule is COc1cc(C(=O)NCc2nnc(SCC(=O)Nc3cc(C)ccc3C)n2-c2cc(C)ccc2C)cc(OC)c1OC. The molecule has 0 spiro atoms. The van der Waals surface area contributed by atoms with E-state index in [2.05, 4.69) is 20.8 Å². The average molecular weight is 590 g/mol. The van der Waals surface area contributed by atoms with Crippen LogP contribution in [-0.2, 0) is 11.3 Å². The highest BCUT2D eigenvalue weighted by molar-refractivity contribution is 7.99. The normalized spacial score (nSPS) is 10.7. The first-order valence-electron chi connectivity index (χ1n) is 13.2. The summed E-state index contributed by atoms with van der Waals surface area (Å²) in [5.41, 5.74) is 6.10. The Bertz CT molecular complexity index is 1590. The van der Waals surface area contributed by atoms with Gasteiger partial charge in [0.1, 0.15) is 0 Å². The minimum atomic E-state index is -0.355. The molecule has 3 aromatic carbocycles. The number of anilines is 1. The van der Waals surface area contributed by atoms with Crippen molar-refractivity contribution in [1.29, 1.82) is 0 Å². The predicted molar refractivity (Wildman–Crippen MR) is 163 cm³/mol. The molecule has 1 aromatic heterocycles. The molecule has 0 atom stereocenters. The number of carbonyl (C=O) groups excluding carboxylic acids is 2. The lowest BCUT2D eigenvalue weighted by molar-refractivity contribution is -0.113. The third-order valence-corrected chi connectivity index (χ3v) is 7.57. The molecule has 4 rings (SSSR count). The third-order valence-electron chi connectivity index (χ3n) is 6.64. The van der Waals surface area contributed by atoms with E-state index in [4.69, 9.17) is 14.2 Å². The number of hydrogen-bond acceptors (Lipinski definition) is 8. The Labute approximate surface area is 249 Å². The zero-order valence-electron chi connectivity index (χ0n) is 24.8. The van der Waals surface area contributed by atoms with Crippen LogP contribution in [0.5, 0.6) is 17.2 Å². The predicted octanol–water partition coefficient (Wildman–Crippen LogP) is 5.19. The van der Waals surface area contributed by atoms with Crippen molar-refractivity contribution in [3.63, 3.8) is 0 Å². The first kappa shape index (κ1) is 30.4. The molecule has 220 valence electrons. The standard InChI is InChI=1S/C31H35N5O5S/c1-18-8-10-20(3)23(12-18)33-28(37)17-42-31-35-34-27(36(31)24-13-19(2)9-11-21(24)4)16-32-30(38)22-14-25(39-5)29(41-7)26(15-22)40-6/h8-15H,16-17H2,1-7H3,(H,32,38)(H,33,37). The van der Waals surface area contributed by atoms with Crippen molar-refractivity contribution in [2.75, 3.05) is 32.4 Å². The maximum absolute atomic E-state index is 13.2. The highest BCUT2D eigenvalue weighted by Crippen LogP contribution is 2.38. The molecule has 0 unspecified atom stereocenters. The first-order valence-corrected chi connectivity index (χ1v) is 14.2. The van der Waals surface area contributed by atoms with E-state index in [0.717, 1.165) is 33.6 Å². The Morgan fingerprint density at radius 2 is 1.48 bits per heavy atom. The molecule has 11 heteroatoms. The summed E-state index contributed by atoms with van der Waals surface area (Å²) in [5, 5.41) is 15.2. The molecular weight excluding hydrogens is 554 g/mol. The highest BCUT2D eigenvalue weighted by atomic mass is 32.2. The van der Waals surface area contributed by atoms with Crippen molar-refractivity contribution in [3.05, 3.63) is 82.2 Å². The molecule has 2 amide bonds. The second-order valence-electron chi connectivity index (χ2n) is 9.78. The van der Waals surface area contributed by atoms with Crippen molar-refractivity contribution >= 4 is 29.3 Å². The molecule has 10 nitrogen and oxygen atoms in total. The van der Waals surface area contributed by atoms with Gasteiger partial charge in [-0.05, 0) is 74.2 Å². The molecule has 0 aliphatic rings. The van der Waals surface area contributed by atoms with E-state index in [1.54, 1.807) is 12.1 Å². The van der Waals surface area contributed by atoms with Gasteiger partial charge < -0.3 is 24.8 Å². The number of ether oxygens (including phenoxy) is 3. The van der Waals surface area contributed by atoms with Crippen LogP contribution < -0.4 is 24.8 Å². The van der Waals surface area contributed by atoms with E-state index in [9.17, 15) is 9.59 Å². The van der Waals surface area contributed by atoms with Gasteiger partial charge >= 0.3 is 0 Å². The monoisotopic (exact) mass is 589 g/mol. The Morgan fingerprint density at radius 1 is 0.833 bits per heavy atom. The summed E-state index contributed by atoms with van der Waals surface area (Å²) in [6.45, 7) is 8.03. The van der Waals surface area contributed by atoms with Gasteiger partial charge in [0.05, 0.1) is 39.3 Å². The topological polar surface area (TPSA) is 117 Å². The Hall–Kier alpha value is -4.51. The Morgan fingerprint density at radius 3 is 2.12 bits per heavy atom. The second kappa shape index (κ2) is 13.4. The van der Waals surface area contributed by atoms with Crippen molar-refractivity contribution in [2.45, 2.75) is 39.4 Å². The van der Waals surface area contributed by atoms with Crippen LogP contribution in [0.25, 0.3) is 5.69 Å². The molecule has 0 aliphatic heterocycles. The average Bonchev–Trinajstić information content (AvgIpc) is 3.39. The lowest BCUT2D eigenvalue weighted by Crippen LogP contribution is -2.25. The summed E-state index contributed by atoms with van der Waals surface area (Å²) in [6, 6.07) is 15.2. The molecule has 0 bridgehead atoms. The van der Waals surface area contributed by atoms with Crippen molar-refractivity contribution in [3.8, 4) is 22.9 Å². The first-order chi connectivity index (χ1) is 20.1. The lowest BCUT2D eigenvalue weighted by Gasteiger charge is -2.15. The summed E-state index contributed by atoms with van der Waals surface area (Å²) in [4.78, 5) is 26.1. The number of nitrogens with zero attached hydrogens (tertiary/aromatic N) is 3. The smallest absolute Gasteiger partial charge is 0.251 e. The minimum Gasteiger partial charge on any atom is -0.493 e. The van der Waals surface area contributed by atoms with Crippen LogP contribution in [0.2, 0.25) is 0 Å². The molecule has 0 aliphatic carbocycles. The van der Waals surface area contributed by atoms with Crippen LogP contribution in [0.1, 0.15) is 38.4 Å². The quantitative estimate of drug-likeness (QED) is 0.230. The molecular formula is C31H35N5O5S. The van der Waals surface area contributed by atoms with E-state index >= 15 is 0 Å². The molecule has 4 aromatic rings. The van der Waals surface area contributed by atoms with E-state index < -0.39 is 0 Å². The van der Waals surface area contributed by atoms with Gasteiger partial charge in [0.25, 0.3) is 5.91 Å². The third kappa shape index (κ3) is 6.85. The highest BCUT2D eigenvalue weighted by Gasteiger charge is 2.21. The van der Waals surface area contributed by atoms with Gasteiger partial charge in [0, 0.05) is 11.3 Å².